The molecule has 0 aliphatic carbocycles. The highest BCUT2D eigenvalue weighted by Crippen LogP contribution is 2.23. The van der Waals surface area contributed by atoms with Crippen LogP contribution >= 0.6 is 0 Å². The largest absolute Gasteiger partial charge is 0.310 e. The molecule has 0 radical (unpaired) electrons. The van der Waals surface area contributed by atoms with Crippen molar-refractivity contribution in [2.24, 2.45) is 0 Å². The third kappa shape index (κ3) is 3.61. The van der Waals surface area contributed by atoms with Crippen LogP contribution in [-0.2, 0) is 0 Å². The van der Waals surface area contributed by atoms with E-state index >= 15 is 0 Å². The molecule has 1 heterocycles. The second-order valence-electron chi connectivity index (χ2n) is 4.67. The van der Waals surface area contributed by atoms with Gasteiger partial charge in [-0.05, 0) is 36.6 Å². The molecule has 0 spiro atoms. The molecule has 0 bridgehead atoms. The van der Waals surface area contributed by atoms with Gasteiger partial charge < -0.3 is 5.32 Å². The maximum Gasteiger partial charge on any atom is 0.115 e. The number of aromatic nitrogens is 2. The Morgan fingerprint density at radius 1 is 1.11 bits per heavy atom. The van der Waals surface area contributed by atoms with Crippen molar-refractivity contribution in [3.05, 3.63) is 48.5 Å². The van der Waals surface area contributed by atoms with Gasteiger partial charge in [-0.25, -0.2) is 9.97 Å². The zero-order chi connectivity index (χ0) is 13.5. The molecule has 1 atom stereocenters. The van der Waals surface area contributed by atoms with E-state index in [0.29, 0.717) is 6.04 Å². The van der Waals surface area contributed by atoms with Crippen molar-refractivity contribution in [1.29, 1.82) is 0 Å². The van der Waals surface area contributed by atoms with Gasteiger partial charge in [0.15, 0.2) is 0 Å². The van der Waals surface area contributed by atoms with E-state index < -0.39 is 0 Å². The van der Waals surface area contributed by atoms with Crippen LogP contribution in [0.4, 0.5) is 0 Å². The minimum atomic E-state index is 0.421. The Morgan fingerprint density at radius 2 is 1.89 bits per heavy atom. The quantitative estimate of drug-likeness (QED) is 0.857. The van der Waals surface area contributed by atoms with Crippen molar-refractivity contribution in [3.63, 3.8) is 0 Å². The third-order valence-corrected chi connectivity index (χ3v) is 3.23. The number of nitrogens with one attached hydrogen (secondary N) is 1. The van der Waals surface area contributed by atoms with Gasteiger partial charge in [0, 0.05) is 24.0 Å². The predicted octanol–water partition coefficient (Wildman–Crippen LogP) is 3.59. The molecule has 100 valence electrons. The van der Waals surface area contributed by atoms with Gasteiger partial charge in [0.2, 0.25) is 0 Å². The van der Waals surface area contributed by atoms with E-state index in [-0.39, 0.29) is 0 Å². The minimum Gasteiger partial charge on any atom is -0.310 e. The van der Waals surface area contributed by atoms with Crippen molar-refractivity contribution in [2.75, 3.05) is 6.54 Å². The summed E-state index contributed by atoms with van der Waals surface area (Å²) in [5, 5.41) is 3.58. The summed E-state index contributed by atoms with van der Waals surface area (Å²) in [6, 6.07) is 9.05. The molecule has 3 heteroatoms. The first-order valence-electron chi connectivity index (χ1n) is 6.93. The lowest BCUT2D eigenvalue weighted by molar-refractivity contribution is 0.518. The molecule has 2 rings (SSSR count). The van der Waals surface area contributed by atoms with Gasteiger partial charge in [0.25, 0.3) is 0 Å². The molecule has 2 aromatic rings. The number of nitrogens with zero attached hydrogens (tertiary/aromatic N) is 2. The van der Waals surface area contributed by atoms with Gasteiger partial charge >= 0.3 is 0 Å². The first kappa shape index (κ1) is 13.7. The molecule has 0 aliphatic heterocycles. The van der Waals surface area contributed by atoms with Crippen molar-refractivity contribution in [1.82, 2.24) is 15.3 Å². The Balaban J connectivity index is 2.23. The maximum atomic E-state index is 4.08. The summed E-state index contributed by atoms with van der Waals surface area (Å²) in [5.74, 6) is 0. The van der Waals surface area contributed by atoms with E-state index in [9.17, 15) is 0 Å². The number of benzene rings is 1. The van der Waals surface area contributed by atoms with Gasteiger partial charge in [-0.3, -0.25) is 0 Å². The molecule has 1 aromatic heterocycles. The molecule has 0 aliphatic rings. The fourth-order valence-electron chi connectivity index (χ4n) is 2.20. The molecule has 3 nitrogen and oxygen atoms in total. The summed E-state index contributed by atoms with van der Waals surface area (Å²) in [5.41, 5.74) is 3.57. The first-order valence-corrected chi connectivity index (χ1v) is 6.93. The van der Waals surface area contributed by atoms with Crippen LogP contribution in [-0.4, -0.2) is 16.5 Å². The van der Waals surface area contributed by atoms with Gasteiger partial charge in [-0.2, -0.15) is 0 Å². The molecule has 1 aromatic carbocycles. The smallest absolute Gasteiger partial charge is 0.115 e. The molecule has 19 heavy (non-hydrogen) atoms. The average molecular weight is 255 g/mol. The highest BCUT2D eigenvalue weighted by Gasteiger charge is 2.09. The van der Waals surface area contributed by atoms with Crippen molar-refractivity contribution < 1.29 is 0 Å². The van der Waals surface area contributed by atoms with Crippen LogP contribution in [0.15, 0.2) is 43.0 Å². The topological polar surface area (TPSA) is 37.8 Å². The lowest BCUT2D eigenvalue weighted by Crippen LogP contribution is -2.21. The van der Waals surface area contributed by atoms with E-state index in [0.717, 1.165) is 24.9 Å². The van der Waals surface area contributed by atoms with Crippen LogP contribution in [0.3, 0.4) is 0 Å². The van der Waals surface area contributed by atoms with Gasteiger partial charge in [-0.15, -0.1) is 0 Å². The van der Waals surface area contributed by atoms with E-state index in [4.69, 9.17) is 0 Å². The first-order chi connectivity index (χ1) is 9.35. The predicted molar refractivity (Wildman–Crippen MR) is 78.8 cm³/mol. The van der Waals surface area contributed by atoms with Crippen LogP contribution in [0.5, 0.6) is 0 Å². The van der Waals surface area contributed by atoms with Gasteiger partial charge in [0.1, 0.15) is 6.33 Å². The lowest BCUT2D eigenvalue weighted by Gasteiger charge is -2.17. The second kappa shape index (κ2) is 7.00. The Bertz CT molecular complexity index is 496. The summed E-state index contributed by atoms with van der Waals surface area (Å²) >= 11 is 0. The molecule has 1 N–H and O–H groups in total. The van der Waals surface area contributed by atoms with Crippen molar-refractivity contribution in [2.45, 2.75) is 32.7 Å². The Kier molecular flexibility index (Phi) is 5.04. The molecule has 0 saturated heterocycles. The number of rotatable bonds is 6. The Labute approximate surface area is 115 Å². The normalized spacial score (nSPS) is 12.3. The van der Waals surface area contributed by atoms with Gasteiger partial charge in [0.05, 0.1) is 0 Å². The third-order valence-electron chi connectivity index (χ3n) is 3.23. The summed E-state index contributed by atoms with van der Waals surface area (Å²) in [6.45, 7) is 5.46. The molecule has 0 fully saturated rings. The molecular formula is C16H21N3. The zero-order valence-electron chi connectivity index (χ0n) is 11.6. The van der Waals surface area contributed by atoms with E-state index in [1.54, 1.807) is 6.33 Å². The zero-order valence-corrected chi connectivity index (χ0v) is 11.6. The van der Waals surface area contributed by atoms with Crippen molar-refractivity contribution >= 4 is 0 Å². The molecule has 0 saturated carbocycles. The van der Waals surface area contributed by atoms with E-state index in [2.05, 4.69) is 53.4 Å². The minimum absolute atomic E-state index is 0.421. The van der Waals surface area contributed by atoms with Crippen LogP contribution in [0.2, 0.25) is 0 Å². The number of hydrogen-bond acceptors (Lipinski definition) is 3. The van der Waals surface area contributed by atoms with Crippen molar-refractivity contribution in [3.8, 4) is 11.1 Å². The maximum absolute atomic E-state index is 4.08. The lowest BCUT2D eigenvalue weighted by atomic mass is 9.99. The summed E-state index contributed by atoms with van der Waals surface area (Å²) in [6.07, 6.45) is 7.52. The molecule has 1 unspecified atom stereocenters. The Morgan fingerprint density at radius 3 is 2.58 bits per heavy atom. The SMILES string of the molecule is CCCNC(CC)c1cccc(-c2cncnc2)c1. The van der Waals surface area contributed by atoms with E-state index in [1.807, 2.05) is 12.4 Å². The highest BCUT2D eigenvalue weighted by atomic mass is 14.9. The molecular weight excluding hydrogens is 234 g/mol. The fourth-order valence-corrected chi connectivity index (χ4v) is 2.20. The van der Waals surface area contributed by atoms with Gasteiger partial charge in [-0.1, -0.05) is 32.0 Å². The van der Waals surface area contributed by atoms with Crippen LogP contribution in [0.25, 0.3) is 11.1 Å². The summed E-state index contributed by atoms with van der Waals surface area (Å²) in [4.78, 5) is 8.16. The standard InChI is InChI=1S/C16H21N3/c1-3-8-19-16(4-2)14-7-5-6-13(9-14)15-10-17-12-18-11-15/h5-7,9-12,16,19H,3-4,8H2,1-2H3. The summed E-state index contributed by atoms with van der Waals surface area (Å²) in [7, 11) is 0. The van der Waals surface area contributed by atoms with Crippen LogP contribution < -0.4 is 5.32 Å². The highest BCUT2D eigenvalue weighted by molar-refractivity contribution is 5.62. The fraction of sp³-hybridized carbons (Fsp3) is 0.375. The second-order valence-corrected chi connectivity index (χ2v) is 4.67. The molecule has 0 amide bonds. The summed E-state index contributed by atoms with van der Waals surface area (Å²) < 4.78 is 0. The average Bonchev–Trinajstić information content (AvgIpc) is 2.49. The van der Waals surface area contributed by atoms with E-state index in [1.165, 1.54) is 11.1 Å². The van der Waals surface area contributed by atoms with Crippen LogP contribution in [0.1, 0.15) is 38.3 Å². The number of hydrogen-bond donors (Lipinski definition) is 1. The Hall–Kier alpha value is -1.74. The van der Waals surface area contributed by atoms with Crippen LogP contribution in [0, 0.1) is 0 Å². The monoisotopic (exact) mass is 255 g/mol.